The van der Waals surface area contributed by atoms with Gasteiger partial charge in [0.1, 0.15) is 5.82 Å². The topological polar surface area (TPSA) is 91.6 Å². The number of aliphatic hydroxyl groups excluding tert-OH is 1. The maximum Gasteiger partial charge on any atom is 0.434 e. The van der Waals surface area contributed by atoms with Crippen LogP contribution in [0, 0.1) is 5.82 Å². The number of β-amino-alcohol motifs (C(OH)–C–C–N with tert-alkyl or cyclic N) is 1. The first-order valence-corrected chi connectivity index (χ1v) is 11.6. The fourth-order valence-corrected chi connectivity index (χ4v) is 5.26. The minimum absolute atomic E-state index is 0.0212. The third-order valence-corrected chi connectivity index (χ3v) is 6.95. The lowest BCUT2D eigenvalue weighted by Gasteiger charge is -2.36. The zero-order chi connectivity index (χ0) is 25.1. The van der Waals surface area contributed by atoms with Crippen molar-refractivity contribution in [3.8, 4) is 10.8 Å². The summed E-state index contributed by atoms with van der Waals surface area (Å²) < 4.78 is 54.5. The van der Waals surface area contributed by atoms with Crippen LogP contribution in [-0.4, -0.2) is 55.5 Å². The minimum Gasteiger partial charge on any atom is -0.391 e. The van der Waals surface area contributed by atoms with Crippen LogP contribution < -0.4 is 4.90 Å². The van der Waals surface area contributed by atoms with Crippen molar-refractivity contribution >= 4 is 29.0 Å². The van der Waals surface area contributed by atoms with Crippen molar-refractivity contribution in [2.75, 3.05) is 18.0 Å². The zero-order valence-corrected chi connectivity index (χ0v) is 19.1. The molecular weight excluding hydrogens is 490 g/mol. The highest BCUT2D eigenvalue weighted by molar-refractivity contribution is 7.13. The number of imidazole rings is 1. The Morgan fingerprint density at radius 3 is 2.49 bits per heavy atom. The van der Waals surface area contributed by atoms with Gasteiger partial charge in [-0.15, -0.1) is 11.3 Å². The molecule has 2 atom stereocenters. The summed E-state index contributed by atoms with van der Waals surface area (Å²) in [6.07, 6.45) is -5.63. The quantitative estimate of drug-likeness (QED) is 0.546. The van der Waals surface area contributed by atoms with Gasteiger partial charge >= 0.3 is 6.18 Å². The van der Waals surface area contributed by atoms with Crippen molar-refractivity contribution in [3.63, 3.8) is 0 Å². The number of amides is 2. The fourth-order valence-electron chi connectivity index (χ4n) is 4.44. The zero-order valence-electron chi connectivity index (χ0n) is 18.3. The Balaban J connectivity index is 1.59. The van der Waals surface area contributed by atoms with Gasteiger partial charge in [0.05, 0.1) is 30.8 Å². The highest BCUT2D eigenvalue weighted by Crippen LogP contribution is 2.41. The van der Waals surface area contributed by atoms with E-state index in [4.69, 9.17) is 0 Å². The van der Waals surface area contributed by atoms with Gasteiger partial charge in [-0.1, -0.05) is 0 Å². The molecule has 1 aromatic carbocycles. The van der Waals surface area contributed by atoms with Gasteiger partial charge in [0.2, 0.25) is 5.91 Å². The molecule has 0 bridgehead atoms. The van der Waals surface area contributed by atoms with Gasteiger partial charge in [-0.05, 0) is 31.2 Å². The number of aliphatic hydroxyl groups is 1. The van der Waals surface area contributed by atoms with E-state index in [1.54, 1.807) is 11.5 Å². The lowest BCUT2D eigenvalue weighted by atomic mass is 10.1. The Morgan fingerprint density at radius 1 is 1.17 bits per heavy atom. The Bertz CT molecular complexity index is 1300. The van der Waals surface area contributed by atoms with Crippen LogP contribution in [0.1, 0.15) is 41.1 Å². The molecule has 3 aromatic rings. The van der Waals surface area contributed by atoms with Crippen molar-refractivity contribution in [3.05, 3.63) is 52.4 Å². The van der Waals surface area contributed by atoms with Crippen molar-refractivity contribution in [1.82, 2.24) is 19.4 Å². The molecule has 2 aromatic heterocycles. The van der Waals surface area contributed by atoms with Gasteiger partial charge in [-0.3, -0.25) is 14.5 Å². The molecule has 8 nitrogen and oxygen atoms in total. The lowest BCUT2D eigenvalue weighted by Crippen LogP contribution is -2.42. The van der Waals surface area contributed by atoms with E-state index in [0.717, 1.165) is 16.7 Å². The number of rotatable bonds is 3. The summed E-state index contributed by atoms with van der Waals surface area (Å²) in [5.41, 5.74) is -0.315. The van der Waals surface area contributed by atoms with Crippen molar-refractivity contribution in [2.45, 2.75) is 38.2 Å². The molecule has 2 amide bonds. The van der Waals surface area contributed by atoms with E-state index in [9.17, 15) is 32.3 Å². The van der Waals surface area contributed by atoms with Crippen LogP contribution >= 0.6 is 11.3 Å². The van der Waals surface area contributed by atoms with E-state index in [0.29, 0.717) is 5.69 Å². The van der Waals surface area contributed by atoms with E-state index in [1.807, 2.05) is 0 Å². The average molecular weight is 509 g/mol. The number of alkyl halides is 3. The molecule has 0 radical (unpaired) electrons. The number of thiazole rings is 1. The number of halogens is 4. The van der Waals surface area contributed by atoms with E-state index < -0.39 is 29.8 Å². The van der Waals surface area contributed by atoms with E-state index in [2.05, 4.69) is 9.97 Å². The summed E-state index contributed by atoms with van der Waals surface area (Å²) in [4.78, 5) is 36.8. The second-order valence-corrected chi connectivity index (χ2v) is 9.23. The number of hydrogen-bond donors (Lipinski definition) is 1. The average Bonchev–Trinajstić information content (AvgIpc) is 3.50. The van der Waals surface area contributed by atoms with Crippen LogP contribution in [0.15, 0.2) is 29.6 Å². The Labute approximate surface area is 200 Å². The molecular formula is C22H19F4N5O3S. The van der Waals surface area contributed by atoms with Gasteiger partial charge in [-0.25, -0.2) is 14.4 Å². The maximum absolute atomic E-state index is 13.3. The molecule has 1 N–H and O–H groups in total. The molecule has 4 heterocycles. The summed E-state index contributed by atoms with van der Waals surface area (Å²) in [6.45, 7) is 2.11. The van der Waals surface area contributed by atoms with Gasteiger partial charge in [0.15, 0.2) is 22.3 Å². The predicted octanol–water partition coefficient (Wildman–Crippen LogP) is 3.48. The minimum atomic E-state index is -4.62. The number of anilines is 1. The lowest BCUT2D eigenvalue weighted by molar-refractivity contribution is -0.140. The summed E-state index contributed by atoms with van der Waals surface area (Å²) in [7, 11) is 0. The van der Waals surface area contributed by atoms with E-state index >= 15 is 0 Å². The number of carbonyl (C=O) groups excluding carboxylic acids is 2. The third kappa shape index (κ3) is 4.08. The fraction of sp³-hybridized carbons (Fsp3) is 0.364. The molecule has 35 heavy (non-hydrogen) atoms. The molecule has 2 aliphatic rings. The Hall–Kier alpha value is -3.32. The standard InChI is InChI=1S/C22H19F4N5O3S/c1-11-17-18(31-9-14(32)8-16(31)33)28-19(20-27-15(10-35-20)22(24,25)26)30(17)7-6-29(11)21(34)12-2-4-13(23)5-3-12/h2-5,10-11,14,32H,6-9H2,1H3/t11-,14-/m1/s1. The Morgan fingerprint density at radius 2 is 1.89 bits per heavy atom. The SMILES string of the molecule is C[C@@H]1c2c(N3C[C@H](O)CC3=O)nc(-c3nc(C(F)(F)F)cs3)n2CCN1C(=O)c1ccc(F)cc1. The van der Waals surface area contributed by atoms with Crippen LogP contribution in [0.2, 0.25) is 0 Å². The molecule has 1 saturated heterocycles. The van der Waals surface area contributed by atoms with Gasteiger partial charge < -0.3 is 14.6 Å². The largest absolute Gasteiger partial charge is 0.434 e. The molecule has 0 saturated carbocycles. The number of carbonyl (C=O) groups is 2. The predicted molar refractivity (Wildman–Crippen MR) is 117 cm³/mol. The summed E-state index contributed by atoms with van der Waals surface area (Å²) >= 11 is 0.783. The van der Waals surface area contributed by atoms with Crippen molar-refractivity contribution in [1.29, 1.82) is 0 Å². The molecule has 13 heteroatoms. The van der Waals surface area contributed by atoms with E-state index in [1.165, 1.54) is 34.1 Å². The summed E-state index contributed by atoms with van der Waals surface area (Å²) in [5, 5.41) is 10.9. The second-order valence-electron chi connectivity index (χ2n) is 8.38. The van der Waals surface area contributed by atoms with Crippen LogP contribution in [0.25, 0.3) is 10.8 Å². The normalized spacial score (nSPS) is 20.5. The van der Waals surface area contributed by atoms with Crippen molar-refractivity contribution < 1.29 is 32.3 Å². The summed E-state index contributed by atoms with van der Waals surface area (Å²) in [5.74, 6) is -0.890. The highest BCUT2D eigenvalue weighted by Gasteiger charge is 2.40. The number of fused-ring (bicyclic) bond motifs is 1. The molecule has 184 valence electrons. The molecule has 0 unspecified atom stereocenters. The number of hydrogen-bond acceptors (Lipinski definition) is 6. The Kier molecular flexibility index (Phi) is 5.63. The molecule has 0 aliphatic carbocycles. The van der Waals surface area contributed by atoms with Crippen LogP contribution in [0.5, 0.6) is 0 Å². The first-order chi connectivity index (χ1) is 16.5. The van der Waals surface area contributed by atoms with Gasteiger partial charge in [0, 0.05) is 24.0 Å². The van der Waals surface area contributed by atoms with Gasteiger partial charge in [-0.2, -0.15) is 13.2 Å². The molecule has 5 rings (SSSR count). The second kappa shape index (κ2) is 8.41. The third-order valence-electron chi connectivity index (χ3n) is 6.11. The molecule has 0 spiro atoms. The van der Waals surface area contributed by atoms with Crippen LogP contribution in [-0.2, 0) is 17.5 Å². The first kappa shape index (κ1) is 23.4. The maximum atomic E-state index is 13.3. The first-order valence-electron chi connectivity index (χ1n) is 10.7. The van der Waals surface area contributed by atoms with Crippen molar-refractivity contribution in [2.24, 2.45) is 0 Å². The van der Waals surface area contributed by atoms with E-state index in [-0.39, 0.29) is 60.1 Å². The summed E-state index contributed by atoms with van der Waals surface area (Å²) in [6, 6.07) is 4.49. The number of nitrogens with zero attached hydrogens (tertiary/aromatic N) is 5. The monoisotopic (exact) mass is 509 g/mol. The molecule has 2 aliphatic heterocycles. The van der Waals surface area contributed by atoms with Crippen LogP contribution in [0.3, 0.4) is 0 Å². The smallest absolute Gasteiger partial charge is 0.391 e. The molecule has 1 fully saturated rings. The van der Waals surface area contributed by atoms with Crippen LogP contribution in [0.4, 0.5) is 23.4 Å². The highest BCUT2D eigenvalue weighted by atomic mass is 32.1. The van der Waals surface area contributed by atoms with Gasteiger partial charge in [0.25, 0.3) is 5.91 Å². The number of aromatic nitrogens is 3. The number of benzene rings is 1.